The van der Waals surface area contributed by atoms with Crippen LogP contribution in [0.5, 0.6) is 0 Å². The second kappa shape index (κ2) is 5.37. The van der Waals surface area contributed by atoms with Crippen molar-refractivity contribution >= 4 is 0 Å². The van der Waals surface area contributed by atoms with Gasteiger partial charge in [0.2, 0.25) is 0 Å². The molecule has 1 heterocycles. The second-order valence-corrected chi connectivity index (χ2v) is 3.76. The predicted molar refractivity (Wildman–Crippen MR) is 63.7 cm³/mol. The van der Waals surface area contributed by atoms with Gasteiger partial charge in [-0.05, 0) is 18.4 Å². The number of hydrogen-bond acceptors (Lipinski definition) is 3. The number of rotatable bonds is 4. The van der Waals surface area contributed by atoms with Crippen molar-refractivity contribution in [2.24, 2.45) is 5.73 Å². The van der Waals surface area contributed by atoms with Crippen molar-refractivity contribution < 1.29 is 0 Å². The van der Waals surface area contributed by atoms with E-state index in [9.17, 15) is 0 Å². The molecule has 0 aliphatic heterocycles. The summed E-state index contributed by atoms with van der Waals surface area (Å²) in [6.45, 7) is 0. The topological polar surface area (TPSA) is 51.8 Å². The summed E-state index contributed by atoms with van der Waals surface area (Å²) in [7, 11) is 0. The molecule has 0 saturated carbocycles. The van der Waals surface area contributed by atoms with Gasteiger partial charge in [-0.2, -0.15) is 0 Å². The molecule has 2 N–H and O–H groups in total. The van der Waals surface area contributed by atoms with Crippen LogP contribution in [0.25, 0.3) is 0 Å². The number of nitrogens with zero attached hydrogens (tertiary/aromatic N) is 2. The van der Waals surface area contributed by atoms with E-state index in [0.29, 0.717) is 0 Å². The van der Waals surface area contributed by atoms with E-state index < -0.39 is 0 Å². The molecule has 0 spiro atoms. The Labute approximate surface area is 95.4 Å². The lowest BCUT2D eigenvalue weighted by Crippen LogP contribution is -2.13. The molecule has 0 fully saturated rings. The van der Waals surface area contributed by atoms with Gasteiger partial charge < -0.3 is 5.73 Å². The molecular weight excluding hydrogens is 198 g/mol. The van der Waals surface area contributed by atoms with Crippen LogP contribution in [-0.4, -0.2) is 9.97 Å². The molecule has 0 saturated heterocycles. The largest absolute Gasteiger partial charge is 0.323 e. The maximum Gasteiger partial charge on any atom is 0.0753 e. The van der Waals surface area contributed by atoms with E-state index in [1.54, 1.807) is 18.6 Å². The van der Waals surface area contributed by atoms with E-state index in [1.165, 1.54) is 5.56 Å². The Kier molecular flexibility index (Phi) is 3.62. The molecule has 82 valence electrons. The number of aryl methyl sites for hydroxylation is 1. The fraction of sp³-hybridized carbons (Fsp3) is 0.231. The molecular formula is C13H15N3. The molecule has 0 amide bonds. The summed E-state index contributed by atoms with van der Waals surface area (Å²) in [6, 6.07) is 10.3. The zero-order chi connectivity index (χ0) is 11.2. The van der Waals surface area contributed by atoms with E-state index >= 15 is 0 Å². The van der Waals surface area contributed by atoms with Crippen molar-refractivity contribution in [2.75, 3.05) is 0 Å². The van der Waals surface area contributed by atoms with Gasteiger partial charge in [-0.25, -0.2) is 0 Å². The van der Waals surface area contributed by atoms with E-state index in [2.05, 4.69) is 22.1 Å². The van der Waals surface area contributed by atoms with Gasteiger partial charge in [0.1, 0.15) is 0 Å². The van der Waals surface area contributed by atoms with E-state index in [-0.39, 0.29) is 6.04 Å². The molecule has 1 aromatic carbocycles. The molecule has 2 rings (SSSR count). The number of benzene rings is 1. The molecule has 0 unspecified atom stereocenters. The molecule has 3 heteroatoms. The second-order valence-electron chi connectivity index (χ2n) is 3.76. The molecule has 2 aromatic rings. The first-order valence-electron chi connectivity index (χ1n) is 5.41. The number of aromatic nitrogens is 2. The molecule has 1 atom stereocenters. The van der Waals surface area contributed by atoms with Gasteiger partial charge in [-0.3, -0.25) is 9.97 Å². The van der Waals surface area contributed by atoms with Gasteiger partial charge in [-0.1, -0.05) is 30.3 Å². The van der Waals surface area contributed by atoms with Gasteiger partial charge in [0, 0.05) is 24.6 Å². The van der Waals surface area contributed by atoms with Crippen LogP contribution in [0.15, 0.2) is 48.9 Å². The number of hydrogen-bond donors (Lipinski definition) is 1. The zero-order valence-corrected chi connectivity index (χ0v) is 9.08. The van der Waals surface area contributed by atoms with E-state index in [1.807, 2.05) is 18.2 Å². The van der Waals surface area contributed by atoms with Crippen molar-refractivity contribution in [1.29, 1.82) is 0 Å². The highest BCUT2D eigenvalue weighted by molar-refractivity contribution is 5.15. The van der Waals surface area contributed by atoms with Crippen LogP contribution in [0.4, 0.5) is 0 Å². The van der Waals surface area contributed by atoms with Crippen LogP contribution in [0.2, 0.25) is 0 Å². The Bertz CT molecular complexity index is 414. The summed E-state index contributed by atoms with van der Waals surface area (Å²) in [5, 5.41) is 0. The van der Waals surface area contributed by atoms with Gasteiger partial charge in [0.05, 0.1) is 5.69 Å². The molecule has 0 aliphatic rings. The summed E-state index contributed by atoms with van der Waals surface area (Å²) < 4.78 is 0. The SMILES string of the molecule is N[C@H](CCc1ccccc1)c1cnccn1. The Hall–Kier alpha value is -1.74. The van der Waals surface area contributed by atoms with Crippen molar-refractivity contribution in [3.8, 4) is 0 Å². The van der Waals surface area contributed by atoms with Crippen LogP contribution >= 0.6 is 0 Å². The monoisotopic (exact) mass is 213 g/mol. The fourth-order valence-electron chi connectivity index (χ4n) is 1.62. The first-order valence-corrected chi connectivity index (χ1v) is 5.41. The van der Waals surface area contributed by atoms with Crippen molar-refractivity contribution in [3.05, 3.63) is 60.2 Å². The van der Waals surface area contributed by atoms with Gasteiger partial charge in [0.25, 0.3) is 0 Å². The fourth-order valence-corrected chi connectivity index (χ4v) is 1.62. The highest BCUT2D eigenvalue weighted by Gasteiger charge is 2.06. The summed E-state index contributed by atoms with van der Waals surface area (Å²) in [6.07, 6.45) is 6.93. The average molecular weight is 213 g/mol. The summed E-state index contributed by atoms with van der Waals surface area (Å²) in [5.74, 6) is 0. The first kappa shape index (κ1) is 10.8. The van der Waals surface area contributed by atoms with Crippen LogP contribution in [0.3, 0.4) is 0 Å². The molecule has 0 aliphatic carbocycles. The Morgan fingerprint density at radius 2 is 1.94 bits per heavy atom. The average Bonchev–Trinajstić information content (AvgIpc) is 2.38. The van der Waals surface area contributed by atoms with Crippen LogP contribution in [-0.2, 0) is 6.42 Å². The third-order valence-electron chi connectivity index (χ3n) is 2.55. The lowest BCUT2D eigenvalue weighted by atomic mass is 10.0. The number of nitrogens with two attached hydrogens (primary N) is 1. The van der Waals surface area contributed by atoms with E-state index in [4.69, 9.17) is 5.73 Å². The van der Waals surface area contributed by atoms with Gasteiger partial charge in [0.15, 0.2) is 0 Å². The Morgan fingerprint density at radius 1 is 1.12 bits per heavy atom. The van der Waals surface area contributed by atoms with Gasteiger partial charge in [-0.15, -0.1) is 0 Å². The van der Waals surface area contributed by atoms with Crippen molar-refractivity contribution in [3.63, 3.8) is 0 Å². The minimum atomic E-state index is -0.0334. The van der Waals surface area contributed by atoms with Gasteiger partial charge >= 0.3 is 0 Å². The predicted octanol–water partition coefficient (Wildman–Crippen LogP) is 2.11. The van der Waals surface area contributed by atoms with Crippen LogP contribution in [0.1, 0.15) is 23.7 Å². The third-order valence-corrected chi connectivity index (χ3v) is 2.55. The minimum Gasteiger partial charge on any atom is -0.323 e. The van der Waals surface area contributed by atoms with Crippen LogP contribution < -0.4 is 5.73 Å². The van der Waals surface area contributed by atoms with Crippen LogP contribution in [0, 0.1) is 0 Å². The lowest BCUT2D eigenvalue weighted by molar-refractivity contribution is 0.630. The normalized spacial score (nSPS) is 12.3. The highest BCUT2D eigenvalue weighted by atomic mass is 14.8. The molecule has 16 heavy (non-hydrogen) atoms. The van der Waals surface area contributed by atoms with Crippen molar-refractivity contribution in [2.45, 2.75) is 18.9 Å². The lowest BCUT2D eigenvalue weighted by Gasteiger charge is -2.09. The Balaban J connectivity index is 1.92. The summed E-state index contributed by atoms with van der Waals surface area (Å²) in [5.41, 5.74) is 8.21. The molecule has 1 aromatic heterocycles. The van der Waals surface area contributed by atoms with Crippen molar-refractivity contribution in [1.82, 2.24) is 9.97 Å². The molecule has 3 nitrogen and oxygen atoms in total. The third kappa shape index (κ3) is 2.87. The maximum atomic E-state index is 6.04. The highest BCUT2D eigenvalue weighted by Crippen LogP contribution is 2.13. The summed E-state index contributed by atoms with van der Waals surface area (Å²) >= 11 is 0. The molecule has 0 bridgehead atoms. The minimum absolute atomic E-state index is 0.0334. The maximum absolute atomic E-state index is 6.04. The van der Waals surface area contributed by atoms with E-state index in [0.717, 1.165) is 18.5 Å². The quantitative estimate of drug-likeness (QED) is 0.846. The molecule has 0 radical (unpaired) electrons. The Morgan fingerprint density at radius 3 is 2.62 bits per heavy atom. The zero-order valence-electron chi connectivity index (χ0n) is 9.08. The summed E-state index contributed by atoms with van der Waals surface area (Å²) in [4.78, 5) is 8.22. The smallest absolute Gasteiger partial charge is 0.0753 e. The first-order chi connectivity index (χ1) is 7.86. The standard InChI is InChI=1S/C13H15N3/c14-12(13-10-15-8-9-16-13)7-6-11-4-2-1-3-5-11/h1-5,8-10,12H,6-7,14H2/t12-/m1/s1.